The number of aromatic nitrogens is 1. The number of aromatic amines is 1. The first kappa shape index (κ1) is 19.6. The van der Waals surface area contributed by atoms with Crippen LogP contribution in [0.1, 0.15) is 12.5 Å². The minimum Gasteiger partial charge on any atom is -0.361 e. The Kier molecular flexibility index (Phi) is 6.14. The summed E-state index contributed by atoms with van der Waals surface area (Å²) in [6.45, 7) is 3.57. The Bertz CT molecular complexity index is 1010. The Morgan fingerprint density at radius 2 is 1.77 bits per heavy atom. The molecule has 0 aliphatic rings. The molecule has 0 fully saturated rings. The van der Waals surface area contributed by atoms with Crippen molar-refractivity contribution in [3.05, 3.63) is 60.3 Å². The second-order valence-electron chi connectivity index (χ2n) is 5.77. The zero-order chi connectivity index (χ0) is 19.3. The molecule has 0 bridgehead atoms. The quantitative estimate of drug-likeness (QED) is 0.524. The zero-order valence-corrected chi connectivity index (χ0v) is 15.2. The van der Waals surface area contributed by atoms with Crippen molar-refractivity contribution < 1.29 is 17.8 Å². The zero-order valence-electron chi connectivity index (χ0n) is 14.4. The molecule has 0 unspecified atom stereocenters. The maximum absolute atomic E-state index is 11.3. The Balaban J connectivity index is 0.000000206. The number of nitrogens with one attached hydrogen (secondary N) is 2. The van der Waals surface area contributed by atoms with Gasteiger partial charge >= 0.3 is 0 Å². The average molecular weight is 375 g/mol. The molecule has 0 radical (unpaired) electrons. The summed E-state index contributed by atoms with van der Waals surface area (Å²) in [5.74, 6) is -0.531. The summed E-state index contributed by atoms with van der Waals surface area (Å²) >= 11 is 0. The Labute approximate surface area is 152 Å². The summed E-state index contributed by atoms with van der Waals surface area (Å²) in [5, 5.41) is 3.64. The third-order valence-corrected chi connectivity index (χ3v) is 4.54. The number of anilines is 1. The first-order valence-corrected chi connectivity index (χ1v) is 9.30. The van der Waals surface area contributed by atoms with E-state index in [4.69, 9.17) is 10.3 Å². The number of benzene rings is 2. The van der Waals surface area contributed by atoms with Crippen LogP contribution in [0.5, 0.6) is 0 Å². The van der Waals surface area contributed by atoms with E-state index in [1.807, 2.05) is 12.3 Å². The Morgan fingerprint density at radius 1 is 1.15 bits per heavy atom. The highest BCUT2D eigenvalue weighted by atomic mass is 32.2. The van der Waals surface area contributed by atoms with Crippen LogP contribution in [-0.2, 0) is 14.9 Å². The van der Waals surface area contributed by atoms with Crippen LogP contribution >= 0.6 is 0 Å². The van der Waals surface area contributed by atoms with E-state index < -0.39 is 22.1 Å². The average Bonchev–Trinajstić information content (AvgIpc) is 2.96. The van der Waals surface area contributed by atoms with Crippen LogP contribution in [0.15, 0.2) is 59.6 Å². The number of hydrogen-bond donors (Lipinski definition) is 4. The minimum absolute atomic E-state index is 0.00676. The Morgan fingerprint density at radius 3 is 2.38 bits per heavy atom. The number of rotatable bonds is 3. The summed E-state index contributed by atoms with van der Waals surface area (Å²) in [7, 11) is -4.36. The van der Waals surface area contributed by atoms with E-state index in [1.54, 1.807) is 0 Å². The van der Waals surface area contributed by atoms with Gasteiger partial charge in [0.1, 0.15) is 4.90 Å². The molecule has 0 saturated carbocycles. The van der Waals surface area contributed by atoms with Gasteiger partial charge in [0.2, 0.25) is 5.91 Å². The minimum atomic E-state index is -4.36. The smallest absolute Gasteiger partial charge is 0.296 e. The lowest BCUT2D eigenvalue weighted by molar-refractivity contribution is -0.117. The molecule has 7 nitrogen and oxygen atoms in total. The van der Waals surface area contributed by atoms with Crippen molar-refractivity contribution in [3.8, 4) is 0 Å². The van der Waals surface area contributed by atoms with E-state index in [-0.39, 0.29) is 10.6 Å². The van der Waals surface area contributed by atoms with Gasteiger partial charge in [-0.15, -0.1) is 0 Å². The molecule has 1 aromatic heterocycles. The highest BCUT2D eigenvalue weighted by Gasteiger charge is 2.17. The molecule has 0 spiro atoms. The molecule has 5 N–H and O–H groups in total. The molecule has 138 valence electrons. The van der Waals surface area contributed by atoms with Crippen molar-refractivity contribution in [2.45, 2.75) is 24.8 Å². The maximum atomic E-state index is 11.3. The fourth-order valence-corrected chi connectivity index (χ4v) is 2.91. The van der Waals surface area contributed by atoms with E-state index in [0.29, 0.717) is 0 Å². The normalized spacial score (nSPS) is 12.2. The highest BCUT2D eigenvalue weighted by Crippen LogP contribution is 2.20. The van der Waals surface area contributed by atoms with E-state index in [2.05, 4.69) is 35.4 Å². The van der Waals surface area contributed by atoms with E-state index >= 15 is 0 Å². The van der Waals surface area contributed by atoms with Gasteiger partial charge in [0, 0.05) is 17.1 Å². The first-order valence-electron chi connectivity index (χ1n) is 7.86. The van der Waals surface area contributed by atoms with Gasteiger partial charge in [-0.05, 0) is 37.6 Å². The lowest BCUT2D eigenvalue weighted by Crippen LogP contribution is -2.32. The van der Waals surface area contributed by atoms with E-state index in [1.165, 1.54) is 47.7 Å². The third kappa shape index (κ3) is 4.92. The molecule has 0 aliphatic heterocycles. The van der Waals surface area contributed by atoms with Crippen molar-refractivity contribution >= 4 is 32.6 Å². The fourth-order valence-electron chi connectivity index (χ4n) is 2.26. The molecular weight excluding hydrogens is 354 g/mol. The molecule has 26 heavy (non-hydrogen) atoms. The summed E-state index contributed by atoms with van der Waals surface area (Å²) in [6.07, 6.45) is 2.03. The second kappa shape index (κ2) is 8.13. The molecule has 8 heteroatoms. The topological polar surface area (TPSA) is 125 Å². The largest absolute Gasteiger partial charge is 0.361 e. The standard InChI is InChI=1S/C9H12N2O4S.C9H9N/c1-6(10)9(12)11-7-4-2-3-5-8(7)16(13,14)15;1-7-6-10-9-5-3-2-4-8(7)9/h2-6H,10H2,1H3,(H,11,12)(H,13,14,15);2-6,10H,1H3/t6-;/m0./s1. The van der Waals surface area contributed by atoms with Gasteiger partial charge in [-0.1, -0.05) is 30.3 Å². The predicted molar refractivity (Wildman–Crippen MR) is 102 cm³/mol. The number of H-pyrrole nitrogens is 1. The number of amides is 1. The van der Waals surface area contributed by atoms with Gasteiger partial charge in [-0.2, -0.15) is 8.42 Å². The molecular formula is C18H21N3O4S. The monoisotopic (exact) mass is 375 g/mol. The van der Waals surface area contributed by atoms with Crippen LogP contribution in [0.3, 0.4) is 0 Å². The van der Waals surface area contributed by atoms with Crippen molar-refractivity contribution in [2.24, 2.45) is 5.73 Å². The van der Waals surface area contributed by atoms with Crippen LogP contribution in [0.4, 0.5) is 5.69 Å². The number of aryl methyl sites for hydroxylation is 1. The molecule has 2 aromatic carbocycles. The summed E-state index contributed by atoms with van der Waals surface area (Å²) < 4.78 is 30.9. The number of carbonyl (C=O) groups excluding carboxylic acids is 1. The van der Waals surface area contributed by atoms with E-state index in [9.17, 15) is 13.2 Å². The van der Waals surface area contributed by atoms with Gasteiger partial charge in [0.15, 0.2) is 0 Å². The van der Waals surface area contributed by atoms with Crippen LogP contribution in [0.2, 0.25) is 0 Å². The summed E-state index contributed by atoms with van der Waals surface area (Å²) in [6, 6.07) is 13.1. The summed E-state index contributed by atoms with van der Waals surface area (Å²) in [4.78, 5) is 14.1. The van der Waals surface area contributed by atoms with Crippen molar-refractivity contribution in [1.82, 2.24) is 4.98 Å². The van der Waals surface area contributed by atoms with Gasteiger partial charge in [-0.3, -0.25) is 9.35 Å². The SMILES string of the molecule is C[C@H](N)C(=O)Nc1ccccc1S(=O)(=O)O.Cc1c[nH]c2ccccc12. The van der Waals surface area contributed by atoms with Crippen LogP contribution in [0.25, 0.3) is 10.9 Å². The molecule has 0 aliphatic carbocycles. The molecule has 3 rings (SSSR count). The van der Waals surface area contributed by atoms with Gasteiger partial charge in [0.25, 0.3) is 10.1 Å². The number of para-hydroxylation sites is 2. The molecule has 1 heterocycles. The van der Waals surface area contributed by atoms with E-state index in [0.717, 1.165) is 0 Å². The fraction of sp³-hybridized carbons (Fsp3) is 0.167. The molecule has 3 aromatic rings. The first-order chi connectivity index (χ1) is 12.2. The second-order valence-corrected chi connectivity index (χ2v) is 7.16. The van der Waals surface area contributed by atoms with Crippen molar-refractivity contribution in [1.29, 1.82) is 0 Å². The molecule has 0 saturated heterocycles. The lowest BCUT2D eigenvalue weighted by Gasteiger charge is -2.10. The number of hydrogen-bond acceptors (Lipinski definition) is 4. The Hall–Kier alpha value is -2.68. The third-order valence-electron chi connectivity index (χ3n) is 3.63. The molecule has 1 amide bonds. The maximum Gasteiger partial charge on any atom is 0.296 e. The number of fused-ring (bicyclic) bond motifs is 1. The predicted octanol–water partition coefficient (Wildman–Crippen LogP) is 2.70. The number of carbonyl (C=O) groups is 1. The lowest BCUT2D eigenvalue weighted by atomic mass is 10.2. The van der Waals surface area contributed by atoms with Crippen molar-refractivity contribution in [2.75, 3.05) is 5.32 Å². The van der Waals surface area contributed by atoms with Gasteiger partial charge < -0.3 is 16.0 Å². The molecule has 1 atom stereocenters. The van der Waals surface area contributed by atoms with Gasteiger partial charge in [0.05, 0.1) is 11.7 Å². The van der Waals surface area contributed by atoms with Crippen LogP contribution in [0, 0.1) is 6.92 Å². The van der Waals surface area contributed by atoms with Crippen LogP contribution in [-0.4, -0.2) is 29.9 Å². The van der Waals surface area contributed by atoms with Gasteiger partial charge in [-0.25, -0.2) is 0 Å². The van der Waals surface area contributed by atoms with Crippen molar-refractivity contribution in [3.63, 3.8) is 0 Å². The summed E-state index contributed by atoms with van der Waals surface area (Å²) in [5.41, 5.74) is 7.86. The number of nitrogens with two attached hydrogens (primary N) is 1. The van der Waals surface area contributed by atoms with Crippen LogP contribution < -0.4 is 11.1 Å². The highest BCUT2D eigenvalue weighted by molar-refractivity contribution is 7.86.